The fourth-order valence-corrected chi connectivity index (χ4v) is 1.91. The first-order chi connectivity index (χ1) is 10.0. The summed E-state index contributed by atoms with van der Waals surface area (Å²) in [7, 11) is 0. The number of carbonyl (C=O) groups excluding carboxylic acids is 2. The quantitative estimate of drug-likeness (QED) is 0.645. The molecule has 2 amide bonds. The summed E-state index contributed by atoms with van der Waals surface area (Å²) in [5.41, 5.74) is 1.59. The smallest absolute Gasteiger partial charge is 0.242 e. The fraction of sp³-hybridized carbons (Fsp3) is 0.500. The van der Waals surface area contributed by atoms with E-state index in [4.69, 9.17) is 0 Å². The van der Waals surface area contributed by atoms with Crippen LogP contribution in [0.15, 0.2) is 24.3 Å². The van der Waals surface area contributed by atoms with Gasteiger partial charge < -0.3 is 16.0 Å². The molecule has 0 heterocycles. The average Bonchev–Trinajstić information content (AvgIpc) is 2.45. The topological polar surface area (TPSA) is 70.2 Å². The summed E-state index contributed by atoms with van der Waals surface area (Å²) >= 11 is 0. The number of unbranched alkanes of at least 4 members (excludes halogenated alkanes) is 2. The van der Waals surface area contributed by atoms with Gasteiger partial charge in [0.2, 0.25) is 11.8 Å². The first kappa shape index (κ1) is 17.0. The Hall–Kier alpha value is -2.04. The van der Waals surface area contributed by atoms with E-state index in [1.807, 2.05) is 19.1 Å². The number of nitrogens with one attached hydrogen (secondary N) is 3. The van der Waals surface area contributed by atoms with E-state index in [-0.39, 0.29) is 17.9 Å². The second-order valence-electron chi connectivity index (χ2n) is 5.12. The number of rotatable bonds is 8. The molecule has 0 fully saturated rings. The predicted octanol–water partition coefficient (Wildman–Crippen LogP) is 2.75. The van der Waals surface area contributed by atoms with Crippen molar-refractivity contribution in [3.8, 4) is 0 Å². The Bertz CT molecular complexity index is 457. The molecule has 0 bridgehead atoms. The van der Waals surface area contributed by atoms with Gasteiger partial charge in [-0.05, 0) is 37.6 Å². The van der Waals surface area contributed by atoms with Crippen molar-refractivity contribution < 1.29 is 9.59 Å². The molecule has 1 aromatic carbocycles. The van der Waals surface area contributed by atoms with Gasteiger partial charge in [0.15, 0.2) is 0 Å². The molecule has 0 aromatic heterocycles. The minimum Gasteiger partial charge on any atom is -0.374 e. The van der Waals surface area contributed by atoms with Crippen LogP contribution in [0.3, 0.4) is 0 Å². The lowest BCUT2D eigenvalue weighted by Gasteiger charge is -2.15. The fourth-order valence-electron chi connectivity index (χ4n) is 1.91. The maximum Gasteiger partial charge on any atom is 0.242 e. The minimum absolute atomic E-state index is 0.00274. The van der Waals surface area contributed by atoms with Crippen molar-refractivity contribution >= 4 is 23.2 Å². The maximum absolute atomic E-state index is 11.9. The van der Waals surface area contributed by atoms with Gasteiger partial charge in [0.1, 0.15) is 6.04 Å². The Morgan fingerprint density at radius 2 is 1.71 bits per heavy atom. The van der Waals surface area contributed by atoms with E-state index < -0.39 is 0 Å². The van der Waals surface area contributed by atoms with Crippen molar-refractivity contribution in [2.45, 2.75) is 46.1 Å². The monoisotopic (exact) mass is 291 g/mol. The predicted molar refractivity (Wildman–Crippen MR) is 86.4 cm³/mol. The molecule has 0 saturated carbocycles. The van der Waals surface area contributed by atoms with Gasteiger partial charge in [-0.25, -0.2) is 0 Å². The SMILES string of the molecule is CCCCCNC(=O)C(C)Nc1ccc(NC(C)=O)cc1. The van der Waals surface area contributed by atoms with Crippen molar-refractivity contribution in [1.29, 1.82) is 0 Å². The van der Waals surface area contributed by atoms with Crippen LogP contribution in [-0.2, 0) is 9.59 Å². The van der Waals surface area contributed by atoms with Crippen LogP contribution < -0.4 is 16.0 Å². The molecule has 0 aliphatic rings. The first-order valence-corrected chi connectivity index (χ1v) is 7.44. The molecular weight excluding hydrogens is 266 g/mol. The molecule has 3 N–H and O–H groups in total. The van der Waals surface area contributed by atoms with Gasteiger partial charge in [-0.3, -0.25) is 9.59 Å². The summed E-state index contributed by atoms with van der Waals surface area (Å²) < 4.78 is 0. The lowest BCUT2D eigenvalue weighted by Crippen LogP contribution is -2.38. The van der Waals surface area contributed by atoms with Crippen molar-refractivity contribution in [2.24, 2.45) is 0 Å². The Kier molecular flexibility index (Phi) is 7.29. The summed E-state index contributed by atoms with van der Waals surface area (Å²) in [4.78, 5) is 22.8. The molecule has 1 rings (SSSR count). The van der Waals surface area contributed by atoms with Gasteiger partial charge in [0.05, 0.1) is 0 Å². The molecule has 0 saturated heterocycles. The Morgan fingerprint density at radius 3 is 2.29 bits per heavy atom. The zero-order valence-electron chi connectivity index (χ0n) is 13.0. The van der Waals surface area contributed by atoms with Crippen LogP contribution in [-0.4, -0.2) is 24.4 Å². The van der Waals surface area contributed by atoms with Crippen molar-refractivity contribution in [3.63, 3.8) is 0 Å². The molecule has 1 atom stereocenters. The summed E-state index contributed by atoms with van der Waals surface area (Å²) in [6, 6.07) is 6.99. The van der Waals surface area contributed by atoms with E-state index in [0.717, 1.165) is 37.2 Å². The zero-order chi connectivity index (χ0) is 15.7. The highest BCUT2D eigenvalue weighted by molar-refractivity contribution is 5.89. The number of hydrogen-bond acceptors (Lipinski definition) is 3. The third kappa shape index (κ3) is 6.79. The maximum atomic E-state index is 11.9. The van der Waals surface area contributed by atoms with Crippen molar-refractivity contribution in [1.82, 2.24) is 5.32 Å². The van der Waals surface area contributed by atoms with Crippen molar-refractivity contribution in [2.75, 3.05) is 17.2 Å². The zero-order valence-corrected chi connectivity index (χ0v) is 13.0. The third-order valence-corrected chi connectivity index (χ3v) is 3.06. The molecular formula is C16H25N3O2. The van der Waals surface area contributed by atoms with E-state index in [1.54, 1.807) is 12.1 Å². The van der Waals surface area contributed by atoms with Gasteiger partial charge in [0.25, 0.3) is 0 Å². The Morgan fingerprint density at radius 1 is 1.10 bits per heavy atom. The molecule has 0 spiro atoms. The average molecular weight is 291 g/mol. The Labute approximate surface area is 126 Å². The van der Waals surface area contributed by atoms with Crippen LogP contribution in [0.4, 0.5) is 11.4 Å². The normalized spacial score (nSPS) is 11.6. The molecule has 5 nitrogen and oxygen atoms in total. The molecule has 21 heavy (non-hydrogen) atoms. The highest BCUT2D eigenvalue weighted by Crippen LogP contribution is 2.14. The Balaban J connectivity index is 2.41. The number of benzene rings is 1. The highest BCUT2D eigenvalue weighted by Gasteiger charge is 2.11. The van der Waals surface area contributed by atoms with Gasteiger partial charge in [-0.1, -0.05) is 19.8 Å². The summed E-state index contributed by atoms with van der Waals surface area (Å²) in [6.07, 6.45) is 3.29. The summed E-state index contributed by atoms with van der Waals surface area (Å²) in [5.74, 6) is -0.104. The second kappa shape index (κ2) is 9.00. The van der Waals surface area contributed by atoms with E-state index in [9.17, 15) is 9.59 Å². The van der Waals surface area contributed by atoms with Gasteiger partial charge >= 0.3 is 0 Å². The first-order valence-electron chi connectivity index (χ1n) is 7.44. The molecule has 116 valence electrons. The molecule has 0 radical (unpaired) electrons. The molecule has 0 aliphatic carbocycles. The van der Waals surface area contributed by atoms with E-state index in [0.29, 0.717) is 0 Å². The highest BCUT2D eigenvalue weighted by atomic mass is 16.2. The number of hydrogen-bond donors (Lipinski definition) is 3. The minimum atomic E-state index is -0.293. The lowest BCUT2D eigenvalue weighted by molar-refractivity contribution is -0.121. The molecule has 5 heteroatoms. The third-order valence-electron chi connectivity index (χ3n) is 3.06. The molecule has 1 aromatic rings. The summed E-state index contributed by atoms with van der Waals surface area (Å²) in [5, 5.41) is 8.76. The van der Waals surface area contributed by atoms with Crippen molar-refractivity contribution in [3.05, 3.63) is 24.3 Å². The largest absolute Gasteiger partial charge is 0.374 e. The van der Waals surface area contributed by atoms with E-state index in [1.165, 1.54) is 6.92 Å². The lowest BCUT2D eigenvalue weighted by atomic mass is 10.2. The molecule has 1 unspecified atom stereocenters. The number of anilines is 2. The van der Waals surface area contributed by atoms with Crippen LogP contribution in [0.25, 0.3) is 0 Å². The van der Waals surface area contributed by atoms with E-state index in [2.05, 4.69) is 22.9 Å². The van der Waals surface area contributed by atoms with Crippen LogP contribution in [0.2, 0.25) is 0 Å². The van der Waals surface area contributed by atoms with Gasteiger partial charge in [0, 0.05) is 24.8 Å². The summed E-state index contributed by atoms with van der Waals surface area (Å²) in [6.45, 7) is 6.16. The van der Waals surface area contributed by atoms with Gasteiger partial charge in [-0.2, -0.15) is 0 Å². The molecule has 0 aliphatic heterocycles. The van der Waals surface area contributed by atoms with E-state index >= 15 is 0 Å². The standard InChI is InChI=1S/C16H25N3O2/c1-4-5-6-11-17-16(21)12(2)18-14-7-9-15(10-8-14)19-13(3)20/h7-10,12,18H,4-6,11H2,1-3H3,(H,17,21)(H,19,20). The van der Waals surface area contributed by atoms with Crippen LogP contribution >= 0.6 is 0 Å². The van der Waals surface area contributed by atoms with Gasteiger partial charge in [-0.15, -0.1) is 0 Å². The van der Waals surface area contributed by atoms with Crippen LogP contribution in [0, 0.1) is 0 Å². The van der Waals surface area contributed by atoms with Crippen LogP contribution in [0.5, 0.6) is 0 Å². The number of carbonyl (C=O) groups is 2. The number of amides is 2. The van der Waals surface area contributed by atoms with Crippen LogP contribution in [0.1, 0.15) is 40.0 Å². The second-order valence-corrected chi connectivity index (χ2v) is 5.12.